The molecule has 6 saturated carbocycles. The number of hydrogen-bond acceptors (Lipinski definition) is 6. The smallest absolute Gasteiger partial charge is 0.338 e. The molecular weight excluding hydrogens is 418 g/mol. The SMILES string of the molecule is C=C1[C@H]2C[C@@H]3C4N5C[C@@]6(C)[C@H]7[C@@H]5CC3([C@@H]1O)[C@@](O)(C2)[C@@]47C[C@@H](OC(=O)c1ccccc1)[C@@H]6O. The lowest BCUT2D eigenvalue weighted by atomic mass is 9.37. The first kappa shape index (κ1) is 19.6. The molecule has 3 unspecified atom stereocenters. The Bertz CT molecular complexity index is 1120. The summed E-state index contributed by atoms with van der Waals surface area (Å²) in [6.07, 6.45) is 0.747. The van der Waals surface area contributed by atoms with Gasteiger partial charge in [0.2, 0.25) is 0 Å². The fraction of sp³-hybridized carbons (Fsp3) is 0.667. The van der Waals surface area contributed by atoms with Gasteiger partial charge in [-0.1, -0.05) is 31.7 Å². The number of benzene rings is 1. The molecule has 3 heterocycles. The van der Waals surface area contributed by atoms with Crippen molar-refractivity contribution in [2.75, 3.05) is 6.54 Å². The molecule has 3 aliphatic heterocycles. The summed E-state index contributed by atoms with van der Waals surface area (Å²) in [6.45, 7) is 7.14. The van der Waals surface area contributed by atoms with Gasteiger partial charge in [0.25, 0.3) is 0 Å². The van der Waals surface area contributed by atoms with Crippen LogP contribution >= 0.6 is 0 Å². The molecule has 33 heavy (non-hydrogen) atoms. The van der Waals surface area contributed by atoms with Gasteiger partial charge < -0.3 is 20.1 Å². The van der Waals surface area contributed by atoms with Crippen LogP contribution in [-0.4, -0.2) is 68.7 Å². The molecule has 174 valence electrons. The van der Waals surface area contributed by atoms with E-state index in [1.807, 2.05) is 6.07 Å². The van der Waals surface area contributed by atoms with Gasteiger partial charge in [-0.3, -0.25) is 4.90 Å². The molecule has 10 rings (SSSR count). The van der Waals surface area contributed by atoms with Crippen LogP contribution in [0.2, 0.25) is 0 Å². The zero-order chi connectivity index (χ0) is 22.7. The van der Waals surface area contributed by atoms with Gasteiger partial charge in [-0.2, -0.15) is 0 Å². The fourth-order valence-corrected chi connectivity index (χ4v) is 11.3. The predicted octanol–water partition coefficient (Wildman–Crippen LogP) is 1.74. The molecule has 0 amide bonds. The second-order valence-electron chi connectivity index (χ2n) is 12.5. The van der Waals surface area contributed by atoms with Gasteiger partial charge in [-0.25, -0.2) is 4.79 Å². The summed E-state index contributed by atoms with van der Waals surface area (Å²) in [5, 5.41) is 35.8. The Hall–Kier alpha value is -1.73. The molecule has 9 fully saturated rings. The summed E-state index contributed by atoms with van der Waals surface area (Å²) in [4.78, 5) is 15.6. The summed E-state index contributed by atoms with van der Waals surface area (Å²) >= 11 is 0. The van der Waals surface area contributed by atoms with Crippen molar-refractivity contribution in [2.24, 2.45) is 34.0 Å². The minimum atomic E-state index is -1.02. The molecule has 13 atom stereocenters. The number of esters is 1. The van der Waals surface area contributed by atoms with Crippen molar-refractivity contribution in [3.63, 3.8) is 0 Å². The van der Waals surface area contributed by atoms with E-state index in [9.17, 15) is 20.1 Å². The third kappa shape index (κ3) is 1.67. The van der Waals surface area contributed by atoms with Crippen LogP contribution in [0.25, 0.3) is 0 Å². The molecule has 0 radical (unpaired) electrons. The molecule has 0 aromatic heterocycles. The molecular formula is C27H31NO5. The van der Waals surface area contributed by atoms with Crippen molar-refractivity contribution < 1.29 is 24.9 Å². The minimum absolute atomic E-state index is 0.137. The number of aliphatic hydroxyl groups is 3. The zero-order valence-corrected chi connectivity index (χ0v) is 18.9. The highest BCUT2D eigenvalue weighted by atomic mass is 16.6. The highest BCUT2D eigenvalue weighted by Gasteiger charge is 2.94. The number of nitrogens with zero attached hydrogens (tertiary/aromatic N) is 1. The summed E-state index contributed by atoms with van der Waals surface area (Å²) in [6, 6.07) is 9.37. The number of rotatable bonds is 2. The molecule has 3 N–H and O–H groups in total. The molecule has 3 saturated heterocycles. The maximum atomic E-state index is 13.0. The Morgan fingerprint density at radius 1 is 1.15 bits per heavy atom. The van der Waals surface area contributed by atoms with Crippen LogP contribution in [0.15, 0.2) is 42.5 Å². The predicted molar refractivity (Wildman–Crippen MR) is 118 cm³/mol. The molecule has 1 aromatic rings. The number of aliphatic hydroxyl groups excluding tert-OH is 2. The number of fused-ring (bicyclic) bond motifs is 1. The molecule has 2 spiro atoms. The quantitative estimate of drug-likeness (QED) is 0.471. The van der Waals surface area contributed by atoms with Crippen molar-refractivity contribution in [3.8, 4) is 0 Å². The first-order chi connectivity index (χ1) is 15.7. The summed E-state index contributed by atoms with van der Waals surface area (Å²) in [5.41, 5.74) is -1.11. The Labute approximate surface area is 193 Å². The molecule has 9 aliphatic rings. The van der Waals surface area contributed by atoms with Crippen LogP contribution in [0.1, 0.15) is 43.0 Å². The van der Waals surface area contributed by atoms with E-state index in [0.717, 1.165) is 25.0 Å². The summed E-state index contributed by atoms with van der Waals surface area (Å²) in [5.74, 6) is 0.0952. The standard InChI is InChI=1S/C27H31NO5/c1-13-15-8-16-20-26-11-18(33-23(31)14-6-4-3-5-7-14)22(30)24(2)12-28(20)17(19(24)26)10-25(16,21(13)29)27(26,32)9-15/h3-7,15-22,29-30,32H,1,8-12H2,2H3/t15-,16+,17-,18+,19+,20?,21+,22-,24-,25?,26+,27-/m0/s1. The largest absolute Gasteiger partial charge is 0.456 e. The van der Waals surface area contributed by atoms with E-state index >= 15 is 0 Å². The lowest BCUT2D eigenvalue weighted by Crippen LogP contribution is -2.75. The average molecular weight is 450 g/mol. The molecule has 6 nitrogen and oxygen atoms in total. The zero-order valence-electron chi connectivity index (χ0n) is 18.9. The van der Waals surface area contributed by atoms with Gasteiger partial charge in [0.15, 0.2) is 0 Å². The van der Waals surface area contributed by atoms with Crippen LogP contribution in [0.4, 0.5) is 0 Å². The Balaban J connectivity index is 1.27. The first-order valence-electron chi connectivity index (χ1n) is 12.5. The number of ether oxygens (including phenoxy) is 1. The maximum absolute atomic E-state index is 13.0. The van der Waals surface area contributed by atoms with Crippen LogP contribution < -0.4 is 0 Å². The third-order valence-electron chi connectivity index (χ3n) is 11.9. The van der Waals surface area contributed by atoms with Gasteiger partial charge in [0.1, 0.15) is 6.10 Å². The van der Waals surface area contributed by atoms with Crippen LogP contribution in [-0.2, 0) is 4.74 Å². The van der Waals surface area contributed by atoms with Crippen LogP contribution in [0.5, 0.6) is 0 Å². The second-order valence-corrected chi connectivity index (χ2v) is 12.5. The van der Waals surface area contributed by atoms with Crippen molar-refractivity contribution in [1.29, 1.82) is 0 Å². The fourth-order valence-electron chi connectivity index (χ4n) is 11.3. The molecule has 1 aromatic carbocycles. The highest BCUT2D eigenvalue weighted by molar-refractivity contribution is 5.89. The van der Waals surface area contributed by atoms with Crippen LogP contribution in [0, 0.1) is 34.0 Å². The van der Waals surface area contributed by atoms with E-state index in [1.165, 1.54) is 0 Å². The van der Waals surface area contributed by atoms with Gasteiger partial charge >= 0.3 is 5.97 Å². The highest BCUT2D eigenvalue weighted by Crippen LogP contribution is 2.88. The number of carbonyl (C=O) groups excluding carboxylic acids is 1. The lowest BCUT2D eigenvalue weighted by Gasteiger charge is -2.69. The summed E-state index contributed by atoms with van der Waals surface area (Å²) in [7, 11) is 0. The van der Waals surface area contributed by atoms with Gasteiger partial charge in [-0.05, 0) is 61.1 Å². The number of hydrogen-bond donors (Lipinski definition) is 3. The van der Waals surface area contributed by atoms with Gasteiger partial charge in [-0.15, -0.1) is 0 Å². The van der Waals surface area contributed by atoms with Crippen molar-refractivity contribution >= 4 is 5.97 Å². The van der Waals surface area contributed by atoms with E-state index in [2.05, 4.69) is 18.4 Å². The Kier molecular flexibility index (Phi) is 3.20. The topological polar surface area (TPSA) is 90.2 Å². The third-order valence-corrected chi connectivity index (χ3v) is 11.9. The molecule has 9 bridgehead atoms. The van der Waals surface area contributed by atoms with E-state index < -0.39 is 46.1 Å². The van der Waals surface area contributed by atoms with E-state index in [-0.39, 0.29) is 29.8 Å². The molecule has 6 aliphatic carbocycles. The number of piperidine rings is 2. The average Bonchev–Trinajstić information content (AvgIpc) is 3.21. The minimum Gasteiger partial charge on any atom is -0.456 e. The molecule has 6 heteroatoms. The van der Waals surface area contributed by atoms with E-state index in [0.29, 0.717) is 18.4 Å². The van der Waals surface area contributed by atoms with Crippen LogP contribution in [0.3, 0.4) is 0 Å². The monoisotopic (exact) mass is 449 g/mol. The number of carbonyl (C=O) groups is 1. The summed E-state index contributed by atoms with van der Waals surface area (Å²) < 4.78 is 6.03. The van der Waals surface area contributed by atoms with Crippen molar-refractivity contribution in [2.45, 2.75) is 68.6 Å². The first-order valence-corrected chi connectivity index (χ1v) is 12.5. The maximum Gasteiger partial charge on any atom is 0.338 e. The van der Waals surface area contributed by atoms with Gasteiger partial charge in [0.05, 0.1) is 23.4 Å². The van der Waals surface area contributed by atoms with Crippen molar-refractivity contribution in [3.05, 3.63) is 48.0 Å². The second kappa shape index (κ2) is 5.40. The Morgan fingerprint density at radius 3 is 2.67 bits per heavy atom. The Morgan fingerprint density at radius 2 is 1.91 bits per heavy atom. The van der Waals surface area contributed by atoms with E-state index in [1.54, 1.807) is 24.3 Å². The lowest BCUT2D eigenvalue weighted by molar-refractivity contribution is -0.288. The van der Waals surface area contributed by atoms with Gasteiger partial charge in [0, 0.05) is 34.9 Å². The van der Waals surface area contributed by atoms with Crippen molar-refractivity contribution in [1.82, 2.24) is 4.90 Å². The normalized spacial score (nSPS) is 60.5. The van der Waals surface area contributed by atoms with E-state index in [4.69, 9.17) is 4.74 Å².